The molecule has 1 unspecified atom stereocenters. The molecule has 1 aromatic heterocycles. The summed E-state index contributed by atoms with van der Waals surface area (Å²) in [5.41, 5.74) is 1.15. The van der Waals surface area contributed by atoms with Crippen LogP contribution in [0.2, 0.25) is 0 Å². The molecule has 0 radical (unpaired) electrons. The Morgan fingerprint density at radius 1 is 1.60 bits per heavy atom. The van der Waals surface area contributed by atoms with Gasteiger partial charge in [-0.15, -0.1) is 0 Å². The smallest absolute Gasteiger partial charge is 0.0544 e. The number of likely N-dealkylation sites (N-methyl/N-ethyl adjacent to an activating group) is 1. The minimum absolute atomic E-state index is 0.653. The van der Waals surface area contributed by atoms with E-state index in [0.29, 0.717) is 6.04 Å². The molecule has 1 atom stereocenters. The van der Waals surface area contributed by atoms with Crippen LogP contribution >= 0.6 is 15.9 Å². The summed E-state index contributed by atoms with van der Waals surface area (Å²) in [7, 11) is 2.03. The lowest BCUT2D eigenvalue weighted by Gasteiger charge is -2.15. The molecule has 4 heteroatoms. The van der Waals surface area contributed by atoms with Gasteiger partial charge in [0.1, 0.15) is 0 Å². The largest absolute Gasteiger partial charge is 0.316 e. The molecule has 82 valence electrons. The molecule has 1 N–H and O–H groups in total. The van der Waals surface area contributed by atoms with Crippen molar-refractivity contribution in [2.75, 3.05) is 20.1 Å². The first-order valence-electron chi connectivity index (χ1n) is 5.28. The minimum atomic E-state index is 0.653. The topological polar surface area (TPSA) is 28.2 Å². The molecule has 0 spiro atoms. The highest BCUT2D eigenvalue weighted by Crippen LogP contribution is 2.13. The highest BCUT2D eigenvalue weighted by molar-refractivity contribution is 9.10. The first kappa shape index (κ1) is 11.0. The summed E-state index contributed by atoms with van der Waals surface area (Å²) in [6.45, 7) is 3.27. The first-order valence-corrected chi connectivity index (χ1v) is 6.07. The van der Waals surface area contributed by atoms with Crippen LogP contribution in [0.5, 0.6) is 0 Å². The zero-order valence-electron chi connectivity index (χ0n) is 8.91. The van der Waals surface area contributed by atoms with E-state index in [0.717, 1.165) is 23.3 Å². The van der Waals surface area contributed by atoms with Crippen molar-refractivity contribution in [1.82, 2.24) is 15.2 Å². The molecule has 0 aliphatic carbocycles. The molecule has 2 heterocycles. The standard InChI is InChI=1S/C11H16BrN3/c1-13-10-4-5-15(7-10)8-11-3-2-9(12)6-14-11/h2-3,6,10,13H,4-5,7-8H2,1H3. The monoisotopic (exact) mass is 269 g/mol. The van der Waals surface area contributed by atoms with Gasteiger partial charge in [-0.1, -0.05) is 0 Å². The van der Waals surface area contributed by atoms with E-state index >= 15 is 0 Å². The summed E-state index contributed by atoms with van der Waals surface area (Å²) >= 11 is 3.39. The summed E-state index contributed by atoms with van der Waals surface area (Å²) in [5, 5.41) is 3.32. The van der Waals surface area contributed by atoms with Gasteiger partial charge in [0, 0.05) is 36.3 Å². The van der Waals surface area contributed by atoms with E-state index in [-0.39, 0.29) is 0 Å². The van der Waals surface area contributed by atoms with Crippen LogP contribution in [0, 0.1) is 0 Å². The molecule has 2 rings (SSSR count). The predicted molar refractivity (Wildman–Crippen MR) is 64.7 cm³/mol. The Morgan fingerprint density at radius 3 is 3.07 bits per heavy atom. The van der Waals surface area contributed by atoms with Crippen LogP contribution in [0.3, 0.4) is 0 Å². The second-order valence-electron chi connectivity index (χ2n) is 3.98. The average Bonchev–Trinajstić information content (AvgIpc) is 2.69. The molecular formula is C11H16BrN3. The predicted octanol–water partition coefficient (Wildman–Crippen LogP) is 1.64. The van der Waals surface area contributed by atoms with Crippen molar-refractivity contribution >= 4 is 15.9 Å². The van der Waals surface area contributed by atoms with Crippen molar-refractivity contribution < 1.29 is 0 Å². The van der Waals surface area contributed by atoms with Gasteiger partial charge in [0.25, 0.3) is 0 Å². The van der Waals surface area contributed by atoms with Crippen molar-refractivity contribution in [1.29, 1.82) is 0 Å². The number of likely N-dealkylation sites (tertiary alicyclic amines) is 1. The van der Waals surface area contributed by atoms with E-state index in [2.05, 4.69) is 37.2 Å². The van der Waals surface area contributed by atoms with Crippen molar-refractivity contribution in [2.24, 2.45) is 0 Å². The number of halogens is 1. The molecule has 0 amide bonds. The summed E-state index contributed by atoms with van der Waals surface area (Å²) in [4.78, 5) is 6.83. The zero-order chi connectivity index (χ0) is 10.7. The van der Waals surface area contributed by atoms with Crippen molar-refractivity contribution in [3.63, 3.8) is 0 Å². The molecule has 1 aliphatic heterocycles. The molecule has 1 fully saturated rings. The Bertz CT molecular complexity index is 312. The van der Waals surface area contributed by atoms with Crippen molar-refractivity contribution in [3.05, 3.63) is 28.5 Å². The normalized spacial score (nSPS) is 22.1. The van der Waals surface area contributed by atoms with Gasteiger partial charge in [-0.05, 0) is 41.5 Å². The molecular weight excluding hydrogens is 254 g/mol. The van der Waals surface area contributed by atoms with Crippen LogP contribution < -0.4 is 5.32 Å². The summed E-state index contributed by atoms with van der Waals surface area (Å²) in [5.74, 6) is 0. The quantitative estimate of drug-likeness (QED) is 0.905. The van der Waals surface area contributed by atoms with E-state index in [1.165, 1.54) is 13.0 Å². The molecule has 1 aromatic rings. The molecule has 1 aliphatic rings. The van der Waals surface area contributed by atoms with E-state index in [1.807, 2.05) is 19.3 Å². The van der Waals surface area contributed by atoms with Gasteiger partial charge in [0.2, 0.25) is 0 Å². The molecule has 1 saturated heterocycles. The lowest BCUT2D eigenvalue weighted by molar-refractivity contribution is 0.318. The SMILES string of the molecule is CNC1CCN(Cc2ccc(Br)cn2)C1. The third-order valence-corrected chi connectivity index (χ3v) is 3.32. The summed E-state index contributed by atoms with van der Waals surface area (Å²) in [6.07, 6.45) is 3.11. The summed E-state index contributed by atoms with van der Waals surface area (Å²) < 4.78 is 1.04. The Hall–Kier alpha value is -0.450. The van der Waals surface area contributed by atoms with Gasteiger partial charge in [0.05, 0.1) is 5.69 Å². The fraction of sp³-hybridized carbons (Fsp3) is 0.545. The Morgan fingerprint density at radius 2 is 2.47 bits per heavy atom. The van der Waals surface area contributed by atoms with Crippen molar-refractivity contribution in [2.45, 2.75) is 19.0 Å². The van der Waals surface area contributed by atoms with Crippen LogP contribution in [0.25, 0.3) is 0 Å². The highest BCUT2D eigenvalue weighted by atomic mass is 79.9. The highest BCUT2D eigenvalue weighted by Gasteiger charge is 2.20. The first-order chi connectivity index (χ1) is 7.28. The van der Waals surface area contributed by atoms with E-state index < -0.39 is 0 Å². The van der Waals surface area contributed by atoms with Gasteiger partial charge in [-0.25, -0.2) is 0 Å². The van der Waals surface area contributed by atoms with Gasteiger partial charge in [-0.2, -0.15) is 0 Å². The van der Waals surface area contributed by atoms with Gasteiger partial charge < -0.3 is 5.32 Å². The molecule has 0 aromatic carbocycles. The van der Waals surface area contributed by atoms with E-state index in [4.69, 9.17) is 0 Å². The number of nitrogens with zero attached hydrogens (tertiary/aromatic N) is 2. The van der Waals surface area contributed by atoms with Gasteiger partial charge in [-0.3, -0.25) is 9.88 Å². The molecule has 0 bridgehead atoms. The second kappa shape index (κ2) is 5.05. The van der Waals surface area contributed by atoms with E-state index in [1.54, 1.807) is 0 Å². The molecule has 3 nitrogen and oxygen atoms in total. The van der Waals surface area contributed by atoms with Gasteiger partial charge >= 0.3 is 0 Å². The van der Waals surface area contributed by atoms with Crippen LogP contribution in [0.1, 0.15) is 12.1 Å². The fourth-order valence-electron chi connectivity index (χ4n) is 1.94. The molecule has 0 saturated carbocycles. The average molecular weight is 270 g/mol. The lowest BCUT2D eigenvalue weighted by atomic mass is 10.3. The van der Waals surface area contributed by atoms with Crippen LogP contribution in [-0.4, -0.2) is 36.1 Å². The van der Waals surface area contributed by atoms with Crippen molar-refractivity contribution in [3.8, 4) is 0 Å². The maximum absolute atomic E-state index is 4.38. The second-order valence-corrected chi connectivity index (χ2v) is 4.89. The minimum Gasteiger partial charge on any atom is -0.316 e. The third kappa shape index (κ3) is 3.00. The lowest BCUT2D eigenvalue weighted by Crippen LogP contribution is -2.29. The van der Waals surface area contributed by atoms with Crippen LogP contribution in [0.4, 0.5) is 0 Å². The van der Waals surface area contributed by atoms with Gasteiger partial charge in [0.15, 0.2) is 0 Å². The Labute approximate surface area is 99.0 Å². The number of rotatable bonds is 3. The summed E-state index contributed by atoms with van der Waals surface area (Å²) in [6, 6.07) is 4.78. The third-order valence-electron chi connectivity index (χ3n) is 2.85. The maximum Gasteiger partial charge on any atom is 0.0544 e. The number of pyridine rings is 1. The van der Waals surface area contributed by atoms with Crippen LogP contribution in [0.15, 0.2) is 22.8 Å². The number of nitrogens with one attached hydrogen (secondary N) is 1. The Balaban J connectivity index is 1.90. The molecule has 15 heavy (non-hydrogen) atoms. The maximum atomic E-state index is 4.38. The number of hydrogen-bond donors (Lipinski definition) is 1. The van der Waals surface area contributed by atoms with Crippen LogP contribution in [-0.2, 0) is 6.54 Å². The number of aromatic nitrogens is 1. The number of hydrogen-bond acceptors (Lipinski definition) is 3. The Kier molecular flexibility index (Phi) is 3.72. The zero-order valence-corrected chi connectivity index (χ0v) is 10.5. The fourth-order valence-corrected chi connectivity index (χ4v) is 2.18. The van der Waals surface area contributed by atoms with E-state index in [9.17, 15) is 0 Å².